The summed E-state index contributed by atoms with van der Waals surface area (Å²) >= 11 is 0. The molecular formula is C9H17NO. The van der Waals surface area contributed by atoms with Crippen molar-refractivity contribution in [1.82, 2.24) is 5.32 Å². The van der Waals surface area contributed by atoms with Crippen LogP contribution in [0.3, 0.4) is 0 Å². The molecule has 2 bridgehead atoms. The molecule has 1 atom stereocenters. The van der Waals surface area contributed by atoms with Gasteiger partial charge in [-0.3, -0.25) is 0 Å². The maximum atomic E-state index is 5.39. The van der Waals surface area contributed by atoms with Crippen LogP contribution in [0, 0.1) is 11.3 Å². The lowest BCUT2D eigenvalue weighted by molar-refractivity contribution is -0.0990. The minimum absolute atomic E-state index is 0.437. The van der Waals surface area contributed by atoms with Crippen molar-refractivity contribution in [3.05, 3.63) is 0 Å². The third kappa shape index (κ3) is 1.00. The average Bonchev–Trinajstić information content (AvgIpc) is 2.02. The first-order valence-electron chi connectivity index (χ1n) is 4.50. The molecule has 3 fully saturated rings. The van der Waals surface area contributed by atoms with Crippen LogP contribution in [0.15, 0.2) is 0 Å². The molecule has 2 heterocycles. The molecule has 0 amide bonds. The van der Waals surface area contributed by atoms with Crippen LogP contribution in [0.25, 0.3) is 0 Å². The number of methoxy groups -OCH3 is 1. The molecule has 2 nitrogen and oxygen atoms in total. The summed E-state index contributed by atoms with van der Waals surface area (Å²) in [6, 6.07) is 0. The van der Waals surface area contributed by atoms with Gasteiger partial charge in [0.05, 0.1) is 6.10 Å². The van der Waals surface area contributed by atoms with Gasteiger partial charge in [0.15, 0.2) is 0 Å². The fraction of sp³-hybridized carbons (Fsp3) is 1.00. The molecule has 1 N–H and O–H groups in total. The van der Waals surface area contributed by atoms with Crippen LogP contribution in [-0.2, 0) is 4.74 Å². The number of rotatable bonds is 2. The molecule has 0 aromatic carbocycles. The van der Waals surface area contributed by atoms with E-state index >= 15 is 0 Å². The number of ether oxygens (including phenoxy) is 1. The van der Waals surface area contributed by atoms with Gasteiger partial charge in [0, 0.05) is 19.1 Å². The van der Waals surface area contributed by atoms with Crippen LogP contribution in [0.4, 0.5) is 0 Å². The topological polar surface area (TPSA) is 21.3 Å². The van der Waals surface area contributed by atoms with E-state index in [-0.39, 0.29) is 0 Å². The normalized spacial score (nSPS) is 44.7. The molecule has 2 heteroatoms. The Hall–Kier alpha value is -0.0800. The van der Waals surface area contributed by atoms with Gasteiger partial charge < -0.3 is 10.1 Å². The van der Waals surface area contributed by atoms with Gasteiger partial charge in [-0.05, 0) is 32.2 Å². The van der Waals surface area contributed by atoms with E-state index in [2.05, 4.69) is 12.2 Å². The molecule has 1 saturated carbocycles. The molecular weight excluding hydrogens is 138 g/mol. The molecule has 11 heavy (non-hydrogen) atoms. The second-order valence-corrected chi connectivity index (χ2v) is 4.15. The Balaban J connectivity index is 2.01. The van der Waals surface area contributed by atoms with E-state index in [0.717, 1.165) is 5.92 Å². The maximum Gasteiger partial charge on any atom is 0.0611 e. The molecule has 1 unspecified atom stereocenters. The largest absolute Gasteiger partial charge is 0.381 e. The molecule has 2 aliphatic heterocycles. The molecule has 64 valence electrons. The van der Waals surface area contributed by atoms with E-state index in [1.807, 2.05) is 7.11 Å². The standard InChI is InChI=1S/C9H17NO/c1-7(11-2)9-3-8(4-9)5-10-6-9/h7-8,10H,3-6H2,1-2H3. The third-order valence-corrected chi connectivity index (χ3v) is 3.52. The monoisotopic (exact) mass is 155 g/mol. The van der Waals surface area contributed by atoms with E-state index in [4.69, 9.17) is 4.74 Å². The summed E-state index contributed by atoms with van der Waals surface area (Å²) in [4.78, 5) is 0. The van der Waals surface area contributed by atoms with Gasteiger partial charge in [-0.1, -0.05) is 0 Å². The zero-order valence-corrected chi connectivity index (χ0v) is 7.39. The van der Waals surface area contributed by atoms with Gasteiger partial charge in [-0.25, -0.2) is 0 Å². The van der Waals surface area contributed by atoms with Crippen molar-refractivity contribution < 1.29 is 4.74 Å². The molecule has 2 saturated heterocycles. The first kappa shape index (κ1) is 7.56. The van der Waals surface area contributed by atoms with Crippen molar-refractivity contribution in [1.29, 1.82) is 0 Å². The quantitative estimate of drug-likeness (QED) is 0.643. The highest BCUT2D eigenvalue weighted by molar-refractivity contribution is 5.03. The number of fused-ring (bicyclic) bond motifs is 2. The first-order valence-corrected chi connectivity index (χ1v) is 4.50. The molecule has 0 aromatic heterocycles. The fourth-order valence-electron chi connectivity index (χ4n) is 2.63. The minimum Gasteiger partial charge on any atom is -0.381 e. The molecule has 3 aliphatic rings. The number of hydrogen-bond acceptors (Lipinski definition) is 2. The highest BCUT2D eigenvalue weighted by atomic mass is 16.5. The summed E-state index contributed by atoms with van der Waals surface area (Å²) in [5, 5.41) is 3.46. The van der Waals surface area contributed by atoms with Gasteiger partial charge in [-0.2, -0.15) is 0 Å². The lowest BCUT2D eigenvalue weighted by atomic mass is 9.57. The second kappa shape index (κ2) is 2.46. The summed E-state index contributed by atoms with van der Waals surface area (Å²) in [6.45, 7) is 4.60. The van der Waals surface area contributed by atoms with Gasteiger partial charge in [0.2, 0.25) is 0 Å². The van der Waals surface area contributed by atoms with Gasteiger partial charge in [-0.15, -0.1) is 0 Å². The Morgan fingerprint density at radius 1 is 1.55 bits per heavy atom. The van der Waals surface area contributed by atoms with E-state index in [9.17, 15) is 0 Å². The summed E-state index contributed by atoms with van der Waals surface area (Å²) in [7, 11) is 1.82. The molecule has 0 radical (unpaired) electrons. The Morgan fingerprint density at radius 3 is 2.73 bits per heavy atom. The smallest absolute Gasteiger partial charge is 0.0611 e. The highest BCUT2D eigenvalue weighted by Gasteiger charge is 2.50. The van der Waals surface area contributed by atoms with E-state index in [1.165, 1.54) is 25.9 Å². The predicted molar refractivity (Wildman–Crippen MR) is 44.5 cm³/mol. The van der Waals surface area contributed by atoms with Crippen LogP contribution in [-0.4, -0.2) is 26.3 Å². The van der Waals surface area contributed by atoms with Crippen molar-refractivity contribution >= 4 is 0 Å². The zero-order chi connectivity index (χ0) is 7.90. The number of hydrogen-bond donors (Lipinski definition) is 1. The Bertz CT molecular complexity index is 146. The van der Waals surface area contributed by atoms with Crippen LogP contribution < -0.4 is 5.32 Å². The van der Waals surface area contributed by atoms with Crippen LogP contribution in [0.1, 0.15) is 19.8 Å². The van der Waals surface area contributed by atoms with E-state index in [0.29, 0.717) is 11.5 Å². The Kier molecular flexibility index (Phi) is 1.69. The minimum atomic E-state index is 0.437. The Labute approximate surface area is 68.3 Å². The summed E-state index contributed by atoms with van der Waals surface area (Å²) in [6.07, 6.45) is 3.20. The van der Waals surface area contributed by atoms with Gasteiger partial charge >= 0.3 is 0 Å². The van der Waals surface area contributed by atoms with Crippen molar-refractivity contribution in [2.45, 2.75) is 25.9 Å². The zero-order valence-electron chi connectivity index (χ0n) is 7.39. The molecule has 0 aromatic rings. The van der Waals surface area contributed by atoms with Crippen LogP contribution in [0.2, 0.25) is 0 Å². The molecule has 1 aliphatic carbocycles. The van der Waals surface area contributed by atoms with Crippen molar-refractivity contribution in [2.24, 2.45) is 11.3 Å². The number of nitrogens with one attached hydrogen (secondary N) is 1. The number of piperidine rings is 2. The van der Waals surface area contributed by atoms with Gasteiger partial charge in [0.1, 0.15) is 0 Å². The van der Waals surface area contributed by atoms with Crippen LogP contribution >= 0.6 is 0 Å². The Morgan fingerprint density at radius 2 is 2.27 bits per heavy atom. The summed E-state index contributed by atoms with van der Waals surface area (Å²) in [5.74, 6) is 0.946. The van der Waals surface area contributed by atoms with E-state index < -0.39 is 0 Å². The maximum absolute atomic E-state index is 5.39. The summed E-state index contributed by atoms with van der Waals surface area (Å²) < 4.78 is 5.39. The SMILES string of the molecule is COC(C)C12CNCC(C1)C2. The van der Waals surface area contributed by atoms with Crippen molar-refractivity contribution in [3.8, 4) is 0 Å². The lowest BCUT2D eigenvalue weighted by Crippen LogP contribution is -2.59. The molecule has 3 rings (SSSR count). The third-order valence-electron chi connectivity index (χ3n) is 3.52. The van der Waals surface area contributed by atoms with Crippen LogP contribution in [0.5, 0.6) is 0 Å². The summed E-state index contributed by atoms with van der Waals surface area (Å²) in [5.41, 5.74) is 0.498. The molecule has 0 spiro atoms. The predicted octanol–water partition coefficient (Wildman–Crippen LogP) is 1.02. The van der Waals surface area contributed by atoms with E-state index in [1.54, 1.807) is 0 Å². The highest BCUT2D eigenvalue weighted by Crippen LogP contribution is 2.50. The fourth-order valence-corrected chi connectivity index (χ4v) is 2.63. The van der Waals surface area contributed by atoms with Gasteiger partial charge in [0.25, 0.3) is 0 Å². The lowest BCUT2D eigenvalue weighted by Gasteiger charge is -2.55. The second-order valence-electron chi connectivity index (χ2n) is 4.15. The van der Waals surface area contributed by atoms with Crippen molar-refractivity contribution in [2.75, 3.05) is 20.2 Å². The first-order chi connectivity index (χ1) is 5.27. The average molecular weight is 155 g/mol. The van der Waals surface area contributed by atoms with Crippen molar-refractivity contribution in [3.63, 3.8) is 0 Å².